The van der Waals surface area contributed by atoms with E-state index in [9.17, 15) is 18.0 Å². The quantitative estimate of drug-likeness (QED) is 0.701. The predicted octanol–water partition coefficient (Wildman–Crippen LogP) is 0.551. The van der Waals surface area contributed by atoms with Crippen LogP contribution in [-0.2, 0) is 14.8 Å². The number of carbonyl (C=O) groups is 2. The van der Waals surface area contributed by atoms with E-state index in [1.807, 2.05) is 6.07 Å². The molecule has 1 fully saturated rings. The number of nitrogens with two attached hydrogens (primary N) is 1. The molecule has 0 radical (unpaired) electrons. The van der Waals surface area contributed by atoms with Crippen LogP contribution in [0.2, 0.25) is 0 Å². The monoisotopic (exact) mass is 432 g/mol. The summed E-state index contributed by atoms with van der Waals surface area (Å²) >= 11 is 0. The van der Waals surface area contributed by atoms with E-state index in [2.05, 4.69) is 0 Å². The van der Waals surface area contributed by atoms with Gasteiger partial charge in [-0.3, -0.25) is 9.59 Å². The number of rotatable bonds is 6. The molecule has 2 amide bonds. The largest absolute Gasteiger partial charge is 0.481 e. The third kappa shape index (κ3) is 4.45. The van der Waals surface area contributed by atoms with E-state index in [-0.39, 0.29) is 42.9 Å². The lowest BCUT2D eigenvalue weighted by molar-refractivity contribution is -0.139. The highest BCUT2D eigenvalue weighted by Crippen LogP contribution is 2.21. The third-order valence-corrected chi connectivity index (χ3v) is 6.37. The number of ether oxygens (including phenoxy) is 1. The molecule has 1 unspecified atom stereocenters. The Labute approximate surface area is 173 Å². The molecule has 10 nitrogen and oxygen atoms in total. The molecular formula is C19H20N4O6S. The zero-order valence-corrected chi connectivity index (χ0v) is 17.0. The van der Waals surface area contributed by atoms with E-state index >= 15 is 0 Å². The van der Waals surface area contributed by atoms with E-state index in [1.54, 1.807) is 25.1 Å². The minimum absolute atomic E-state index is 0.0668. The Morgan fingerprint density at radius 1 is 1.20 bits per heavy atom. The third-order valence-electron chi connectivity index (χ3n) is 4.59. The van der Waals surface area contributed by atoms with E-state index in [0.29, 0.717) is 11.3 Å². The van der Waals surface area contributed by atoms with E-state index in [0.717, 1.165) is 0 Å². The van der Waals surface area contributed by atoms with Gasteiger partial charge in [0.05, 0.1) is 11.6 Å². The van der Waals surface area contributed by atoms with Gasteiger partial charge < -0.3 is 19.8 Å². The lowest BCUT2D eigenvalue weighted by Gasteiger charge is -2.34. The van der Waals surface area contributed by atoms with Crippen LogP contribution in [0.3, 0.4) is 0 Å². The van der Waals surface area contributed by atoms with Gasteiger partial charge in [-0.05, 0) is 37.3 Å². The number of nitrogens with zero attached hydrogens (tertiary/aromatic N) is 3. The Morgan fingerprint density at radius 3 is 2.50 bits per heavy atom. The molecule has 1 saturated heterocycles. The van der Waals surface area contributed by atoms with Crippen molar-refractivity contribution in [2.24, 2.45) is 5.73 Å². The number of carbonyl (C=O) groups excluding carboxylic acids is 2. The Kier molecular flexibility index (Phi) is 6.09. The molecule has 11 heteroatoms. The second kappa shape index (κ2) is 8.56. The van der Waals surface area contributed by atoms with Gasteiger partial charge in [-0.25, -0.2) is 8.42 Å². The molecule has 1 aromatic carbocycles. The molecule has 30 heavy (non-hydrogen) atoms. The van der Waals surface area contributed by atoms with Crippen LogP contribution in [-0.4, -0.2) is 61.7 Å². The average Bonchev–Trinajstić information content (AvgIpc) is 3.25. The summed E-state index contributed by atoms with van der Waals surface area (Å²) in [4.78, 5) is 25.3. The summed E-state index contributed by atoms with van der Waals surface area (Å²) in [6.45, 7) is 2.08. The Morgan fingerprint density at radius 2 is 1.90 bits per heavy atom. The van der Waals surface area contributed by atoms with Crippen molar-refractivity contribution in [3.63, 3.8) is 0 Å². The summed E-state index contributed by atoms with van der Waals surface area (Å²) in [7, 11) is -3.94. The van der Waals surface area contributed by atoms with Gasteiger partial charge in [-0.1, -0.05) is 6.07 Å². The molecule has 158 valence electrons. The van der Waals surface area contributed by atoms with Crippen LogP contribution in [0.25, 0.3) is 0 Å². The SMILES string of the molecule is CC(Oc1cccc(C#N)c1)C(=O)N1CCN(S(=O)(=O)c2ccc(C(N)=O)o2)CC1. The van der Waals surface area contributed by atoms with Gasteiger partial charge in [0.15, 0.2) is 11.9 Å². The fraction of sp³-hybridized carbons (Fsp3) is 0.316. The Bertz CT molecular complexity index is 1100. The average molecular weight is 432 g/mol. The number of hydrogen-bond donors (Lipinski definition) is 1. The number of sulfonamides is 1. The molecule has 1 atom stereocenters. The van der Waals surface area contributed by atoms with Gasteiger partial charge in [0, 0.05) is 26.2 Å². The summed E-state index contributed by atoms with van der Waals surface area (Å²) in [5.41, 5.74) is 5.51. The molecule has 0 aliphatic carbocycles. The smallest absolute Gasteiger partial charge is 0.284 e. The minimum atomic E-state index is -3.94. The first-order valence-corrected chi connectivity index (χ1v) is 10.5. The highest BCUT2D eigenvalue weighted by molar-refractivity contribution is 7.89. The van der Waals surface area contributed by atoms with E-state index in [4.69, 9.17) is 20.1 Å². The summed E-state index contributed by atoms with van der Waals surface area (Å²) in [5.74, 6) is -0.988. The highest BCUT2D eigenvalue weighted by atomic mass is 32.2. The maximum atomic E-state index is 12.7. The molecule has 0 bridgehead atoms. The second-order valence-electron chi connectivity index (χ2n) is 6.61. The highest BCUT2D eigenvalue weighted by Gasteiger charge is 2.34. The molecule has 1 aromatic heterocycles. The molecule has 0 spiro atoms. The zero-order valence-electron chi connectivity index (χ0n) is 16.1. The number of furan rings is 1. The lowest BCUT2D eigenvalue weighted by atomic mass is 10.2. The topological polar surface area (TPSA) is 147 Å². The fourth-order valence-corrected chi connectivity index (χ4v) is 4.35. The van der Waals surface area contributed by atoms with Crippen molar-refractivity contribution in [1.82, 2.24) is 9.21 Å². The molecular weight excluding hydrogens is 412 g/mol. The zero-order chi connectivity index (χ0) is 21.9. The summed E-state index contributed by atoms with van der Waals surface area (Å²) < 4.78 is 37.2. The Balaban J connectivity index is 1.60. The number of benzene rings is 1. The van der Waals surface area contributed by atoms with Crippen LogP contribution in [0.1, 0.15) is 23.0 Å². The van der Waals surface area contributed by atoms with Crippen LogP contribution in [0.5, 0.6) is 5.75 Å². The summed E-state index contributed by atoms with van der Waals surface area (Å²) in [5, 5.41) is 8.58. The van der Waals surface area contributed by atoms with Crippen molar-refractivity contribution in [1.29, 1.82) is 5.26 Å². The first-order chi connectivity index (χ1) is 14.2. The minimum Gasteiger partial charge on any atom is -0.481 e. The van der Waals surface area contributed by atoms with Gasteiger partial charge in [0.1, 0.15) is 5.75 Å². The maximum absolute atomic E-state index is 12.7. The van der Waals surface area contributed by atoms with Gasteiger partial charge in [-0.15, -0.1) is 0 Å². The van der Waals surface area contributed by atoms with Gasteiger partial charge >= 0.3 is 0 Å². The molecule has 2 aromatic rings. The number of amides is 2. The van der Waals surface area contributed by atoms with Gasteiger partial charge in [0.25, 0.3) is 21.8 Å². The maximum Gasteiger partial charge on any atom is 0.284 e. The predicted molar refractivity (Wildman–Crippen MR) is 104 cm³/mol. The van der Waals surface area contributed by atoms with Crippen molar-refractivity contribution in [2.75, 3.05) is 26.2 Å². The molecule has 2 N–H and O–H groups in total. The number of primary amides is 1. The van der Waals surface area contributed by atoms with Crippen molar-refractivity contribution >= 4 is 21.8 Å². The van der Waals surface area contributed by atoms with Crippen molar-refractivity contribution in [2.45, 2.75) is 18.1 Å². The van der Waals surface area contributed by atoms with Crippen LogP contribution in [0.15, 0.2) is 45.9 Å². The van der Waals surface area contributed by atoms with Crippen LogP contribution >= 0.6 is 0 Å². The standard InChI is InChI=1S/C19H20N4O6S/c1-13(28-15-4-2-3-14(11-15)12-20)19(25)22-7-9-23(10-8-22)30(26,27)17-6-5-16(29-17)18(21)24/h2-6,11,13H,7-10H2,1H3,(H2,21,24). The number of nitriles is 1. The van der Waals surface area contributed by atoms with Gasteiger partial charge in [-0.2, -0.15) is 9.57 Å². The Hall–Kier alpha value is -3.36. The van der Waals surface area contributed by atoms with Crippen LogP contribution in [0, 0.1) is 11.3 Å². The van der Waals surface area contributed by atoms with Crippen molar-refractivity contribution in [3.05, 3.63) is 47.7 Å². The van der Waals surface area contributed by atoms with Crippen LogP contribution in [0.4, 0.5) is 0 Å². The van der Waals surface area contributed by atoms with E-state index < -0.39 is 22.0 Å². The van der Waals surface area contributed by atoms with Crippen molar-refractivity contribution in [3.8, 4) is 11.8 Å². The van der Waals surface area contributed by atoms with Crippen molar-refractivity contribution < 1.29 is 27.2 Å². The fourth-order valence-electron chi connectivity index (χ4n) is 3.02. The number of piperazine rings is 1. The molecule has 0 saturated carbocycles. The second-order valence-corrected chi connectivity index (χ2v) is 8.48. The first-order valence-electron chi connectivity index (χ1n) is 9.08. The normalized spacial score (nSPS) is 15.9. The number of hydrogen-bond acceptors (Lipinski definition) is 7. The van der Waals surface area contributed by atoms with E-state index in [1.165, 1.54) is 27.4 Å². The summed E-state index contributed by atoms with van der Waals surface area (Å²) in [6, 6.07) is 10.9. The summed E-state index contributed by atoms with van der Waals surface area (Å²) in [6.07, 6.45) is -0.801. The molecule has 1 aliphatic rings. The molecule has 3 rings (SSSR count). The molecule has 2 heterocycles. The van der Waals surface area contributed by atoms with Gasteiger partial charge in [0.2, 0.25) is 5.09 Å². The van der Waals surface area contributed by atoms with Crippen LogP contribution < -0.4 is 10.5 Å². The molecule has 1 aliphatic heterocycles. The lowest BCUT2D eigenvalue weighted by Crippen LogP contribution is -2.53. The first kappa shape index (κ1) is 21.4.